The summed E-state index contributed by atoms with van der Waals surface area (Å²) in [6.07, 6.45) is 1.91. The summed E-state index contributed by atoms with van der Waals surface area (Å²) in [4.78, 5) is 4.18. The van der Waals surface area contributed by atoms with Crippen LogP contribution in [-0.4, -0.2) is 16.4 Å². The Morgan fingerprint density at radius 3 is 2.62 bits per heavy atom. The van der Waals surface area contributed by atoms with Gasteiger partial charge in [0, 0.05) is 5.56 Å². The zero-order valence-corrected chi connectivity index (χ0v) is 7.91. The van der Waals surface area contributed by atoms with Gasteiger partial charge in [-0.05, 0) is 6.26 Å². The molecule has 66 valence electrons. The van der Waals surface area contributed by atoms with Crippen molar-refractivity contribution < 1.29 is 4.52 Å². The van der Waals surface area contributed by atoms with Gasteiger partial charge in [0.15, 0.2) is 0 Å². The summed E-state index contributed by atoms with van der Waals surface area (Å²) in [7, 11) is 0. The minimum Gasteiger partial charge on any atom is -0.327 e. The van der Waals surface area contributed by atoms with Crippen LogP contribution in [0.3, 0.4) is 0 Å². The van der Waals surface area contributed by atoms with Gasteiger partial charge >= 0.3 is 0 Å². The molecule has 0 radical (unpaired) electrons. The number of hydrogen-bond acceptors (Lipinski definition) is 4. The summed E-state index contributed by atoms with van der Waals surface area (Å²) in [5, 5.41) is 4.45. The van der Waals surface area contributed by atoms with Gasteiger partial charge in [-0.15, -0.1) is 0 Å². The summed E-state index contributed by atoms with van der Waals surface area (Å²) in [6, 6.07) is 9.76. The molecule has 0 bridgehead atoms. The molecule has 3 nitrogen and oxygen atoms in total. The van der Waals surface area contributed by atoms with Crippen molar-refractivity contribution in [2.24, 2.45) is 0 Å². The fourth-order valence-corrected chi connectivity index (χ4v) is 1.29. The van der Waals surface area contributed by atoms with E-state index in [9.17, 15) is 0 Å². The summed E-state index contributed by atoms with van der Waals surface area (Å²) < 4.78 is 4.97. The number of aromatic nitrogens is 2. The second-order valence-corrected chi connectivity index (χ2v) is 3.21. The van der Waals surface area contributed by atoms with Crippen LogP contribution in [0.4, 0.5) is 0 Å². The lowest BCUT2D eigenvalue weighted by Gasteiger charge is -1.89. The van der Waals surface area contributed by atoms with Gasteiger partial charge in [-0.2, -0.15) is 4.98 Å². The van der Waals surface area contributed by atoms with E-state index in [2.05, 4.69) is 10.1 Å². The Bertz CT molecular complexity index is 386. The molecular weight excluding hydrogens is 184 g/mol. The summed E-state index contributed by atoms with van der Waals surface area (Å²) in [5.41, 5.74) is 0.978. The average Bonchev–Trinajstić information content (AvgIpc) is 2.67. The SMILES string of the molecule is CSc1nc(-c2ccccc2)no1. The highest BCUT2D eigenvalue weighted by molar-refractivity contribution is 7.98. The van der Waals surface area contributed by atoms with Gasteiger partial charge in [0.25, 0.3) is 5.22 Å². The van der Waals surface area contributed by atoms with Crippen molar-refractivity contribution in [2.75, 3.05) is 6.26 Å². The van der Waals surface area contributed by atoms with Crippen LogP contribution in [0.25, 0.3) is 11.4 Å². The van der Waals surface area contributed by atoms with Gasteiger partial charge in [0.2, 0.25) is 5.82 Å². The maximum atomic E-state index is 4.97. The van der Waals surface area contributed by atoms with Crippen LogP contribution < -0.4 is 0 Å². The molecule has 0 atom stereocenters. The van der Waals surface area contributed by atoms with Crippen LogP contribution in [0.1, 0.15) is 0 Å². The third-order valence-corrected chi connectivity index (χ3v) is 2.13. The Morgan fingerprint density at radius 2 is 2.00 bits per heavy atom. The second kappa shape index (κ2) is 3.62. The first-order valence-electron chi connectivity index (χ1n) is 3.83. The molecule has 0 unspecified atom stereocenters. The van der Waals surface area contributed by atoms with Gasteiger partial charge < -0.3 is 4.52 Å². The summed E-state index contributed by atoms with van der Waals surface area (Å²) >= 11 is 1.44. The average molecular weight is 192 g/mol. The Kier molecular flexibility index (Phi) is 2.31. The van der Waals surface area contributed by atoms with E-state index in [-0.39, 0.29) is 0 Å². The highest BCUT2D eigenvalue weighted by Crippen LogP contribution is 2.18. The van der Waals surface area contributed by atoms with Gasteiger partial charge in [-0.3, -0.25) is 0 Å². The molecule has 0 N–H and O–H groups in total. The first kappa shape index (κ1) is 8.31. The zero-order valence-electron chi connectivity index (χ0n) is 7.10. The third kappa shape index (κ3) is 1.72. The number of hydrogen-bond donors (Lipinski definition) is 0. The van der Waals surface area contributed by atoms with Crippen LogP contribution in [-0.2, 0) is 0 Å². The molecule has 0 aliphatic heterocycles. The van der Waals surface area contributed by atoms with Gasteiger partial charge in [-0.25, -0.2) is 0 Å². The topological polar surface area (TPSA) is 38.9 Å². The van der Waals surface area contributed by atoms with Crippen LogP contribution >= 0.6 is 11.8 Å². The largest absolute Gasteiger partial charge is 0.327 e. The Balaban J connectivity index is 2.36. The fourth-order valence-electron chi connectivity index (χ4n) is 0.997. The van der Waals surface area contributed by atoms with Crippen molar-refractivity contribution in [3.05, 3.63) is 30.3 Å². The van der Waals surface area contributed by atoms with Crippen molar-refractivity contribution in [3.63, 3.8) is 0 Å². The van der Waals surface area contributed by atoms with E-state index in [0.29, 0.717) is 11.0 Å². The van der Waals surface area contributed by atoms with Crippen molar-refractivity contribution in [3.8, 4) is 11.4 Å². The maximum absolute atomic E-state index is 4.97. The molecule has 1 heterocycles. The van der Waals surface area contributed by atoms with Crippen LogP contribution in [0.5, 0.6) is 0 Å². The number of thioether (sulfide) groups is 1. The highest BCUT2D eigenvalue weighted by Gasteiger charge is 2.05. The van der Waals surface area contributed by atoms with Crippen LogP contribution in [0.15, 0.2) is 40.1 Å². The molecular formula is C9H8N2OS. The first-order valence-corrected chi connectivity index (χ1v) is 5.06. The summed E-state index contributed by atoms with van der Waals surface area (Å²) in [6.45, 7) is 0. The molecule has 0 fully saturated rings. The minimum absolute atomic E-state index is 0.596. The number of nitrogens with zero attached hydrogens (tertiary/aromatic N) is 2. The smallest absolute Gasteiger partial charge is 0.285 e. The van der Waals surface area contributed by atoms with E-state index in [4.69, 9.17) is 4.52 Å². The normalized spacial score (nSPS) is 10.2. The molecule has 0 amide bonds. The van der Waals surface area contributed by atoms with Crippen LogP contribution in [0, 0.1) is 0 Å². The Hall–Kier alpha value is -1.29. The molecule has 0 aliphatic carbocycles. The van der Waals surface area contributed by atoms with E-state index < -0.39 is 0 Å². The molecule has 0 saturated heterocycles. The second-order valence-electron chi connectivity index (χ2n) is 2.45. The fraction of sp³-hybridized carbons (Fsp3) is 0.111. The molecule has 4 heteroatoms. The first-order chi connectivity index (χ1) is 6.40. The molecule has 2 rings (SSSR count). The third-order valence-electron chi connectivity index (χ3n) is 1.61. The molecule has 13 heavy (non-hydrogen) atoms. The van der Waals surface area contributed by atoms with Gasteiger partial charge in [0.1, 0.15) is 0 Å². The molecule has 2 aromatic rings. The van der Waals surface area contributed by atoms with Gasteiger partial charge in [0.05, 0.1) is 0 Å². The monoisotopic (exact) mass is 192 g/mol. The highest BCUT2D eigenvalue weighted by atomic mass is 32.2. The molecule has 0 saturated carbocycles. The van der Waals surface area contributed by atoms with Crippen molar-refractivity contribution in [1.29, 1.82) is 0 Å². The molecule has 1 aromatic carbocycles. The van der Waals surface area contributed by atoms with E-state index in [0.717, 1.165) is 5.56 Å². The molecule has 0 aliphatic rings. The van der Waals surface area contributed by atoms with E-state index in [1.165, 1.54) is 11.8 Å². The van der Waals surface area contributed by atoms with E-state index in [1.807, 2.05) is 36.6 Å². The van der Waals surface area contributed by atoms with E-state index in [1.54, 1.807) is 0 Å². The summed E-state index contributed by atoms with van der Waals surface area (Å²) in [5.74, 6) is 0.643. The Morgan fingerprint density at radius 1 is 1.23 bits per heavy atom. The maximum Gasteiger partial charge on any atom is 0.285 e. The standard InChI is InChI=1S/C9H8N2OS/c1-13-9-10-8(11-12-9)7-5-3-2-4-6-7/h2-6H,1H3. The lowest BCUT2D eigenvalue weighted by molar-refractivity contribution is 0.341. The predicted octanol–water partition coefficient (Wildman–Crippen LogP) is 2.46. The van der Waals surface area contributed by atoms with Crippen molar-refractivity contribution >= 4 is 11.8 Å². The molecule has 1 aromatic heterocycles. The lowest BCUT2D eigenvalue weighted by Crippen LogP contribution is -1.78. The van der Waals surface area contributed by atoms with Gasteiger partial charge in [-0.1, -0.05) is 47.3 Å². The Labute approximate surface area is 80.2 Å². The van der Waals surface area contributed by atoms with E-state index >= 15 is 0 Å². The van der Waals surface area contributed by atoms with Crippen LogP contribution in [0.2, 0.25) is 0 Å². The number of benzene rings is 1. The molecule has 0 spiro atoms. The zero-order chi connectivity index (χ0) is 9.10. The number of rotatable bonds is 2. The lowest BCUT2D eigenvalue weighted by atomic mass is 10.2. The minimum atomic E-state index is 0.596. The van der Waals surface area contributed by atoms with Crippen molar-refractivity contribution in [2.45, 2.75) is 5.22 Å². The quantitative estimate of drug-likeness (QED) is 0.685. The van der Waals surface area contributed by atoms with Crippen molar-refractivity contribution in [1.82, 2.24) is 10.1 Å². The predicted molar refractivity (Wildman–Crippen MR) is 51.5 cm³/mol.